The summed E-state index contributed by atoms with van der Waals surface area (Å²) >= 11 is 0. The van der Waals surface area contributed by atoms with E-state index in [1.165, 1.54) is 11.1 Å². The van der Waals surface area contributed by atoms with Gasteiger partial charge in [-0.1, -0.05) is 84.0 Å². The van der Waals surface area contributed by atoms with E-state index in [1.807, 2.05) is 36.4 Å². The van der Waals surface area contributed by atoms with Crippen LogP contribution in [0.3, 0.4) is 0 Å². The van der Waals surface area contributed by atoms with Crippen molar-refractivity contribution in [3.05, 3.63) is 89.7 Å². The van der Waals surface area contributed by atoms with E-state index >= 15 is 0 Å². The number of hydrogen-bond donors (Lipinski definition) is 0. The molecule has 0 bridgehead atoms. The van der Waals surface area contributed by atoms with Crippen LogP contribution in [-0.2, 0) is 16.2 Å². The highest BCUT2D eigenvalue weighted by molar-refractivity contribution is 5.66. The Balaban J connectivity index is 1.34. The van der Waals surface area contributed by atoms with Crippen molar-refractivity contribution >= 4 is 5.57 Å². The van der Waals surface area contributed by atoms with Gasteiger partial charge in [-0.3, -0.25) is 0 Å². The molecule has 0 aliphatic heterocycles. The molecule has 0 saturated heterocycles. The lowest BCUT2D eigenvalue weighted by Gasteiger charge is -2.24. The molecule has 2 aromatic carbocycles. The second-order valence-corrected chi connectivity index (χ2v) is 12.1. The van der Waals surface area contributed by atoms with Gasteiger partial charge in [0.05, 0.1) is 5.41 Å². The zero-order chi connectivity index (χ0) is 26.4. The normalized spacial score (nSPS) is 18.2. The second-order valence-electron chi connectivity index (χ2n) is 12.1. The van der Waals surface area contributed by atoms with Crippen molar-refractivity contribution in [3.63, 3.8) is 0 Å². The molecule has 0 radical (unpaired) electrons. The third-order valence-corrected chi connectivity index (χ3v) is 6.93. The van der Waals surface area contributed by atoms with Crippen LogP contribution in [0.15, 0.2) is 75.6 Å². The Bertz CT molecular complexity index is 1460. The molecule has 0 saturated carbocycles. The summed E-state index contributed by atoms with van der Waals surface area (Å²) in [5, 5.41) is 17.4. The molecular formula is C31H34N4O2. The van der Waals surface area contributed by atoms with Crippen LogP contribution in [0.4, 0.5) is 0 Å². The zero-order valence-electron chi connectivity index (χ0n) is 22.7. The first-order chi connectivity index (χ1) is 17.4. The van der Waals surface area contributed by atoms with E-state index in [2.05, 4.69) is 99.2 Å². The van der Waals surface area contributed by atoms with Gasteiger partial charge in [-0.2, -0.15) is 0 Å². The fraction of sp³-hybridized carbons (Fsp3) is 0.355. The standard InChI is InChI=1S/C31H34N4O2/c1-29(2,3)23-14-10-20(11-15-23)25-32-33-27(36-25)22-9-8-18-31(7,19-22)28-35-34-26(37-28)21-12-16-24(17-13-21)30(4,5)6/h8-18H,19H2,1-7H3. The molecule has 1 aliphatic carbocycles. The van der Waals surface area contributed by atoms with Crippen LogP contribution in [0.2, 0.25) is 0 Å². The summed E-state index contributed by atoms with van der Waals surface area (Å²) < 4.78 is 12.3. The van der Waals surface area contributed by atoms with Gasteiger partial charge in [0.25, 0.3) is 0 Å². The van der Waals surface area contributed by atoms with Gasteiger partial charge in [0.1, 0.15) is 0 Å². The SMILES string of the molecule is CC(C)(C)c1ccc(-c2nnc(C3=CC=CC(C)(c4nnc(-c5ccc(C(C)(C)C)cc5)o4)C3)o2)cc1. The molecule has 6 nitrogen and oxygen atoms in total. The molecule has 0 amide bonds. The largest absolute Gasteiger partial charge is 0.420 e. The highest BCUT2D eigenvalue weighted by Crippen LogP contribution is 2.39. The van der Waals surface area contributed by atoms with E-state index in [9.17, 15) is 0 Å². The van der Waals surface area contributed by atoms with Crippen LogP contribution in [0, 0.1) is 0 Å². The van der Waals surface area contributed by atoms with Gasteiger partial charge in [0.15, 0.2) is 0 Å². The number of allylic oxidation sites excluding steroid dienone is 4. The lowest BCUT2D eigenvalue weighted by Crippen LogP contribution is -2.22. The molecule has 0 spiro atoms. The topological polar surface area (TPSA) is 77.8 Å². The van der Waals surface area contributed by atoms with E-state index in [0.29, 0.717) is 30.0 Å². The van der Waals surface area contributed by atoms with Crippen molar-refractivity contribution in [2.45, 2.75) is 71.1 Å². The maximum absolute atomic E-state index is 6.17. The van der Waals surface area contributed by atoms with Gasteiger partial charge in [-0.25, -0.2) is 0 Å². The maximum Gasteiger partial charge on any atom is 0.248 e. The molecule has 37 heavy (non-hydrogen) atoms. The van der Waals surface area contributed by atoms with Crippen molar-refractivity contribution in [1.29, 1.82) is 0 Å². The van der Waals surface area contributed by atoms with Crippen LogP contribution < -0.4 is 0 Å². The minimum Gasteiger partial charge on any atom is -0.420 e. The number of benzene rings is 2. The predicted octanol–water partition coefficient (Wildman–Crippen LogP) is 7.68. The number of rotatable bonds is 4. The summed E-state index contributed by atoms with van der Waals surface area (Å²) in [5.41, 5.74) is 4.96. The summed E-state index contributed by atoms with van der Waals surface area (Å²) in [6, 6.07) is 16.6. The third kappa shape index (κ3) is 5.06. The summed E-state index contributed by atoms with van der Waals surface area (Å²) in [4.78, 5) is 0. The molecule has 1 aliphatic rings. The second kappa shape index (κ2) is 8.94. The Morgan fingerprint density at radius 1 is 0.649 bits per heavy atom. The van der Waals surface area contributed by atoms with Gasteiger partial charge >= 0.3 is 0 Å². The van der Waals surface area contributed by atoms with Crippen LogP contribution >= 0.6 is 0 Å². The monoisotopic (exact) mass is 494 g/mol. The minimum atomic E-state index is -0.482. The first-order valence-electron chi connectivity index (χ1n) is 12.7. The van der Waals surface area contributed by atoms with Crippen LogP contribution in [0.5, 0.6) is 0 Å². The van der Waals surface area contributed by atoms with Crippen molar-refractivity contribution in [2.75, 3.05) is 0 Å². The van der Waals surface area contributed by atoms with Crippen molar-refractivity contribution in [3.8, 4) is 22.9 Å². The van der Waals surface area contributed by atoms with Gasteiger partial charge in [0.2, 0.25) is 23.6 Å². The average Bonchev–Trinajstić information content (AvgIpc) is 3.54. The van der Waals surface area contributed by atoms with E-state index in [-0.39, 0.29) is 10.8 Å². The smallest absolute Gasteiger partial charge is 0.248 e. The zero-order valence-corrected chi connectivity index (χ0v) is 22.7. The Hall–Kier alpha value is -3.80. The van der Waals surface area contributed by atoms with Gasteiger partial charge in [0, 0.05) is 16.7 Å². The maximum atomic E-state index is 6.17. The van der Waals surface area contributed by atoms with Gasteiger partial charge in [-0.15, -0.1) is 20.4 Å². The summed E-state index contributed by atoms with van der Waals surface area (Å²) in [5.74, 6) is 2.08. The average molecular weight is 495 g/mol. The predicted molar refractivity (Wildman–Crippen MR) is 146 cm³/mol. The molecule has 190 valence electrons. The summed E-state index contributed by atoms with van der Waals surface area (Å²) in [6.45, 7) is 15.3. The van der Waals surface area contributed by atoms with Crippen molar-refractivity contribution in [1.82, 2.24) is 20.4 Å². The first kappa shape index (κ1) is 24.9. The molecule has 1 unspecified atom stereocenters. The molecule has 0 fully saturated rings. The fourth-order valence-corrected chi connectivity index (χ4v) is 4.45. The molecule has 2 aromatic heterocycles. The Morgan fingerprint density at radius 2 is 1.14 bits per heavy atom. The van der Waals surface area contributed by atoms with Crippen LogP contribution in [0.1, 0.15) is 77.8 Å². The highest BCUT2D eigenvalue weighted by atomic mass is 16.4. The molecule has 6 heteroatoms. The minimum absolute atomic E-state index is 0.0894. The molecular weight excluding hydrogens is 460 g/mol. The molecule has 1 atom stereocenters. The lowest BCUT2D eigenvalue weighted by atomic mass is 9.80. The van der Waals surface area contributed by atoms with Crippen LogP contribution in [-0.4, -0.2) is 20.4 Å². The Kier molecular flexibility index (Phi) is 6.01. The quantitative estimate of drug-likeness (QED) is 0.289. The van der Waals surface area contributed by atoms with E-state index < -0.39 is 5.41 Å². The van der Waals surface area contributed by atoms with E-state index in [0.717, 1.165) is 16.7 Å². The number of nitrogens with zero attached hydrogens (tertiary/aromatic N) is 4. The molecule has 2 heterocycles. The van der Waals surface area contributed by atoms with Gasteiger partial charge < -0.3 is 8.83 Å². The first-order valence-corrected chi connectivity index (χ1v) is 12.7. The van der Waals surface area contributed by atoms with E-state index in [4.69, 9.17) is 8.83 Å². The van der Waals surface area contributed by atoms with E-state index in [1.54, 1.807) is 0 Å². The third-order valence-electron chi connectivity index (χ3n) is 6.93. The van der Waals surface area contributed by atoms with Crippen molar-refractivity contribution < 1.29 is 8.83 Å². The highest BCUT2D eigenvalue weighted by Gasteiger charge is 2.35. The Labute approximate surface area is 218 Å². The number of aromatic nitrogens is 4. The molecule has 0 N–H and O–H groups in total. The van der Waals surface area contributed by atoms with Gasteiger partial charge in [-0.05, 0) is 59.6 Å². The fourth-order valence-electron chi connectivity index (χ4n) is 4.45. The summed E-state index contributed by atoms with van der Waals surface area (Å²) in [6.07, 6.45) is 6.69. The molecule has 4 aromatic rings. The lowest BCUT2D eigenvalue weighted by molar-refractivity contribution is 0.407. The number of hydrogen-bond acceptors (Lipinski definition) is 6. The summed E-state index contributed by atoms with van der Waals surface area (Å²) in [7, 11) is 0. The van der Waals surface area contributed by atoms with Crippen molar-refractivity contribution in [2.24, 2.45) is 0 Å². The molecule has 5 rings (SSSR count). The van der Waals surface area contributed by atoms with Crippen LogP contribution in [0.25, 0.3) is 28.5 Å². The Morgan fingerprint density at radius 3 is 1.68 bits per heavy atom.